The van der Waals surface area contributed by atoms with Gasteiger partial charge in [-0.3, -0.25) is 15.1 Å². The predicted octanol–water partition coefficient (Wildman–Crippen LogP) is 4.27. The summed E-state index contributed by atoms with van der Waals surface area (Å²) >= 11 is 0. The van der Waals surface area contributed by atoms with E-state index < -0.39 is 10.8 Å². The number of aliphatic imine (C=N–C) groups is 1. The molecule has 8 nitrogen and oxygen atoms in total. The van der Waals surface area contributed by atoms with Gasteiger partial charge in [0.15, 0.2) is 0 Å². The van der Waals surface area contributed by atoms with Crippen LogP contribution in [0.2, 0.25) is 0 Å². The van der Waals surface area contributed by atoms with Crippen LogP contribution in [0.4, 0.5) is 11.4 Å². The zero-order chi connectivity index (χ0) is 22.0. The Labute approximate surface area is 177 Å². The van der Waals surface area contributed by atoms with Crippen LogP contribution >= 0.6 is 0 Å². The van der Waals surface area contributed by atoms with Crippen LogP contribution in [0.25, 0.3) is 0 Å². The van der Waals surface area contributed by atoms with Crippen LogP contribution in [-0.2, 0) is 0 Å². The number of benzene rings is 3. The van der Waals surface area contributed by atoms with Gasteiger partial charge in [-0.2, -0.15) is 5.26 Å². The number of phenolic OH excluding ortho intramolecular Hbond substituents is 1. The molecule has 1 heterocycles. The van der Waals surface area contributed by atoms with E-state index in [0.717, 1.165) is 5.69 Å². The fourth-order valence-electron chi connectivity index (χ4n) is 3.48. The van der Waals surface area contributed by atoms with Crippen LogP contribution < -0.4 is 10.5 Å². The highest BCUT2D eigenvalue weighted by atomic mass is 16.6. The second-order valence-corrected chi connectivity index (χ2v) is 6.79. The van der Waals surface area contributed by atoms with Gasteiger partial charge in [0.05, 0.1) is 22.1 Å². The number of aromatic hydroxyl groups is 1. The smallest absolute Gasteiger partial charge is 0.269 e. The number of rotatable bonds is 4. The number of ether oxygens (including phenoxy) is 1. The average Bonchev–Trinajstić information content (AvgIpc) is 2.78. The number of allylic oxidation sites excluding steroid dienone is 1. The van der Waals surface area contributed by atoms with E-state index in [0.29, 0.717) is 16.7 Å². The molecule has 3 aromatic carbocycles. The minimum absolute atomic E-state index is 0.0560. The number of hydrogen-bond donors (Lipinski definition) is 2. The summed E-state index contributed by atoms with van der Waals surface area (Å²) < 4.78 is 5.71. The zero-order valence-electron chi connectivity index (χ0n) is 16.1. The summed E-state index contributed by atoms with van der Waals surface area (Å²) in [6.07, 6.45) is 1.57. The first-order valence-corrected chi connectivity index (χ1v) is 9.26. The molecule has 152 valence electrons. The van der Waals surface area contributed by atoms with E-state index in [1.54, 1.807) is 18.3 Å². The predicted molar refractivity (Wildman–Crippen MR) is 114 cm³/mol. The lowest BCUT2D eigenvalue weighted by Crippen LogP contribution is -2.22. The lowest BCUT2D eigenvalue weighted by atomic mass is 9.82. The van der Waals surface area contributed by atoms with Gasteiger partial charge in [0.2, 0.25) is 5.88 Å². The Morgan fingerprint density at radius 1 is 1.16 bits per heavy atom. The average molecular weight is 412 g/mol. The maximum absolute atomic E-state index is 11.3. The van der Waals surface area contributed by atoms with Gasteiger partial charge < -0.3 is 15.6 Å². The van der Waals surface area contributed by atoms with Gasteiger partial charge in [0.25, 0.3) is 5.69 Å². The monoisotopic (exact) mass is 412 g/mol. The molecule has 1 aliphatic rings. The van der Waals surface area contributed by atoms with Crippen molar-refractivity contribution >= 4 is 17.6 Å². The van der Waals surface area contributed by atoms with E-state index in [9.17, 15) is 20.5 Å². The summed E-state index contributed by atoms with van der Waals surface area (Å²) in [6.45, 7) is 0. The van der Waals surface area contributed by atoms with Crippen LogP contribution in [0.1, 0.15) is 22.6 Å². The van der Waals surface area contributed by atoms with Crippen molar-refractivity contribution in [3.8, 4) is 17.6 Å². The molecule has 8 heteroatoms. The molecule has 0 radical (unpaired) electrons. The first-order chi connectivity index (χ1) is 15.0. The number of nitrogens with zero attached hydrogens (tertiary/aromatic N) is 3. The zero-order valence-corrected chi connectivity index (χ0v) is 16.1. The van der Waals surface area contributed by atoms with Crippen molar-refractivity contribution in [1.29, 1.82) is 5.26 Å². The number of nitriles is 1. The van der Waals surface area contributed by atoms with Crippen LogP contribution in [0.15, 0.2) is 83.2 Å². The van der Waals surface area contributed by atoms with Crippen molar-refractivity contribution in [3.05, 3.63) is 105 Å². The van der Waals surface area contributed by atoms with Crippen molar-refractivity contribution < 1.29 is 14.8 Å². The maximum atomic E-state index is 11.3. The number of para-hydroxylation sites is 1. The normalized spacial score (nSPS) is 15.3. The molecule has 3 N–H and O–H groups in total. The fraction of sp³-hybridized carbons (Fsp3) is 0.0435. The third kappa shape index (κ3) is 3.68. The number of nitrogens with two attached hydrogens (primary N) is 1. The van der Waals surface area contributed by atoms with Crippen molar-refractivity contribution in [2.24, 2.45) is 10.7 Å². The molecule has 0 aromatic heterocycles. The largest absolute Gasteiger partial charge is 0.507 e. The first kappa shape index (κ1) is 19.7. The lowest BCUT2D eigenvalue weighted by Gasteiger charge is -2.28. The summed E-state index contributed by atoms with van der Waals surface area (Å²) in [7, 11) is 0. The van der Waals surface area contributed by atoms with Gasteiger partial charge in [-0.1, -0.05) is 30.3 Å². The van der Waals surface area contributed by atoms with E-state index in [-0.39, 0.29) is 28.6 Å². The molecule has 0 fully saturated rings. The quantitative estimate of drug-likeness (QED) is 0.373. The van der Waals surface area contributed by atoms with Gasteiger partial charge in [0.1, 0.15) is 23.1 Å². The first-order valence-electron chi connectivity index (χ1n) is 9.26. The Morgan fingerprint density at radius 2 is 1.94 bits per heavy atom. The molecule has 1 atom stereocenters. The van der Waals surface area contributed by atoms with Crippen LogP contribution in [0.5, 0.6) is 11.5 Å². The van der Waals surface area contributed by atoms with Gasteiger partial charge in [-0.15, -0.1) is 0 Å². The molecule has 0 saturated heterocycles. The molecule has 0 amide bonds. The summed E-state index contributed by atoms with van der Waals surface area (Å²) in [5, 5.41) is 31.6. The van der Waals surface area contributed by atoms with E-state index >= 15 is 0 Å². The number of nitro benzene ring substituents is 1. The molecule has 4 rings (SSSR count). The number of fused-ring (bicyclic) bond motifs is 1. The third-order valence-electron chi connectivity index (χ3n) is 4.90. The molecule has 0 unspecified atom stereocenters. The number of hydrogen-bond acceptors (Lipinski definition) is 7. The Kier molecular flexibility index (Phi) is 5.08. The Morgan fingerprint density at radius 3 is 2.65 bits per heavy atom. The lowest BCUT2D eigenvalue weighted by molar-refractivity contribution is -0.384. The molecule has 31 heavy (non-hydrogen) atoms. The van der Waals surface area contributed by atoms with E-state index in [1.807, 2.05) is 36.4 Å². The maximum Gasteiger partial charge on any atom is 0.269 e. The molecule has 1 aliphatic heterocycles. The van der Waals surface area contributed by atoms with Crippen LogP contribution in [-0.4, -0.2) is 16.2 Å². The summed E-state index contributed by atoms with van der Waals surface area (Å²) in [4.78, 5) is 15.1. The second kappa shape index (κ2) is 8.00. The molecule has 0 spiro atoms. The van der Waals surface area contributed by atoms with E-state index in [4.69, 9.17) is 10.5 Å². The van der Waals surface area contributed by atoms with Crippen LogP contribution in [0, 0.1) is 21.4 Å². The van der Waals surface area contributed by atoms with Crippen molar-refractivity contribution in [1.82, 2.24) is 0 Å². The Bertz CT molecular complexity index is 1280. The SMILES string of the molecule is N#CC1=C(N)Oc2c(C=Nc3ccccc3)ccc(O)c2[C@H]1c1cccc([N+](=O)[O-])c1. The number of nitro groups is 1. The Hall–Kier alpha value is -4.64. The number of phenols is 1. The molecule has 0 saturated carbocycles. The molecular formula is C23H16N4O4. The molecule has 0 bridgehead atoms. The highest BCUT2D eigenvalue weighted by molar-refractivity contribution is 5.88. The van der Waals surface area contributed by atoms with Crippen LogP contribution in [0.3, 0.4) is 0 Å². The summed E-state index contributed by atoms with van der Waals surface area (Å²) in [5.41, 5.74) is 7.93. The minimum atomic E-state index is -0.835. The van der Waals surface area contributed by atoms with Gasteiger partial charge in [-0.25, -0.2) is 0 Å². The van der Waals surface area contributed by atoms with Gasteiger partial charge in [-0.05, 0) is 29.8 Å². The van der Waals surface area contributed by atoms with E-state index in [2.05, 4.69) is 4.99 Å². The molecule has 0 aliphatic carbocycles. The van der Waals surface area contributed by atoms with Gasteiger partial charge in [0, 0.05) is 23.9 Å². The van der Waals surface area contributed by atoms with Crippen molar-refractivity contribution in [2.45, 2.75) is 5.92 Å². The van der Waals surface area contributed by atoms with Crippen molar-refractivity contribution in [2.75, 3.05) is 0 Å². The Balaban J connectivity index is 1.89. The molecular weight excluding hydrogens is 396 g/mol. The second-order valence-electron chi connectivity index (χ2n) is 6.79. The highest BCUT2D eigenvalue weighted by Gasteiger charge is 2.35. The summed E-state index contributed by atoms with van der Waals surface area (Å²) in [6, 6.07) is 20.2. The van der Waals surface area contributed by atoms with E-state index in [1.165, 1.54) is 24.3 Å². The van der Waals surface area contributed by atoms with Gasteiger partial charge >= 0.3 is 0 Å². The standard InChI is InChI=1S/C23H16N4O4/c24-12-18-20(14-5-4-8-17(11-14)27(29)30)21-19(28)10-9-15(22(21)31-23(18)25)13-26-16-6-2-1-3-7-16/h1-11,13,20,28H,25H2/t20-/m0/s1. The topological polar surface area (TPSA) is 135 Å². The molecule has 3 aromatic rings. The summed E-state index contributed by atoms with van der Waals surface area (Å²) in [5.74, 6) is -0.846. The highest BCUT2D eigenvalue weighted by Crippen LogP contribution is 2.48. The number of non-ortho nitro benzene ring substituents is 1. The minimum Gasteiger partial charge on any atom is -0.507 e. The fourth-order valence-corrected chi connectivity index (χ4v) is 3.48. The van der Waals surface area contributed by atoms with Crippen molar-refractivity contribution in [3.63, 3.8) is 0 Å². The third-order valence-corrected chi connectivity index (χ3v) is 4.90.